The maximum absolute atomic E-state index is 11.1. The monoisotopic (exact) mass is 235 g/mol. The molecule has 3 N–H and O–H groups in total. The minimum atomic E-state index is -1.14. The molecule has 7 heteroatoms. The molecule has 0 bridgehead atoms. The van der Waals surface area contributed by atoms with Crippen LogP contribution < -0.4 is 5.73 Å². The zero-order valence-electron chi connectivity index (χ0n) is 9.80. The zero-order valence-corrected chi connectivity index (χ0v) is 9.80. The molecule has 0 saturated heterocycles. The number of rotatable bonds is 1. The van der Waals surface area contributed by atoms with Gasteiger partial charge in [0.2, 0.25) is 0 Å². The molecule has 2 aromatic rings. The summed E-state index contributed by atoms with van der Waals surface area (Å²) >= 11 is 0. The Kier molecular flexibility index (Phi) is 2.27. The number of aromatic nitrogens is 4. The van der Waals surface area contributed by atoms with Gasteiger partial charge in [0.15, 0.2) is 11.3 Å². The number of nitrogens with two attached hydrogens (primary N) is 1. The van der Waals surface area contributed by atoms with Gasteiger partial charge in [0.25, 0.3) is 0 Å². The fourth-order valence-corrected chi connectivity index (χ4v) is 1.59. The van der Waals surface area contributed by atoms with Gasteiger partial charge >= 0.3 is 5.97 Å². The van der Waals surface area contributed by atoms with Crippen LogP contribution in [-0.4, -0.2) is 30.8 Å². The van der Waals surface area contributed by atoms with E-state index in [4.69, 9.17) is 10.8 Å². The van der Waals surface area contributed by atoms with E-state index in [0.29, 0.717) is 5.65 Å². The number of hydrogen-bond acceptors (Lipinski definition) is 5. The van der Waals surface area contributed by atoms with Crippen molar-refractivity contribution < 1.29 is 9.90 Å². The Labute approximate surface area is 97.3 Å². The Morgan fingerprint density at radius 2 is 2.06 bits per heavy atom. The molecular weight excluding hydrogens is 222 g/mol. The van der Waals surface area contributed by atoms with Crippen LogP contribution in [0.15, 0.2) is 6.33 Å². The molecule has 0 atom stereocenters. The van der Waals surface area contributed by atoms with Gasteiger partial charge in [0.1, 0.15) is 12.1 Å². The van der Waals surface area contributed by atoms with Crippen LogP contribution in [0.1, 0.15) is 31.3 Å². The zero-order chi connectivity index (χ0) is 12.8. The van der Waals surface area contributed by atoms with Gasteiger partial charge in [-0.05, 0) is 20.8 Å². The molecule has 90 valence electrons. The van der Waals surface area contributed by atoms with Crippen molar-refractivity contribution in [2.45, 2.75) is 26.3 Å². The van der Waals surface area contributed by atoms with E-state index in [-0.39, 0.29) is 22.4 Å². The average molecular weight is 235 g/mol. The Balaban J connectivity index is 2.90. The normalized spacial score (nSPS) is 11.9. The highest BCUT2D eigenvalue weighted by Crippen LogP contribution is 2.26. The molecule has 0 aliphatic rings. The number of carbonyl (C=O) groups is 1. The number of carboxylic acids is 1. The van der Waals surface area contributed by atoms with Crippen LogP contribution in [0.4, 0.5) is 5.82 Å². The average Bonchev–Trinajstić information content (AvgIpc) is 2.57. The van der Waals surface area contributed by atoms with Gasteiger partial charge in [-0.3, -0.25) is 0 Å². The number of hydrogen-bond donors (Lipinski definition) is 2. The van der Waals surface area contributed by atoms with Gasteiger partial charge in [-0.15, -0.1) is 0 Å². The summed E-state index contributed by atoms with van der Waals surface area (Å²) in [5.41, 5.74) is 5.62. The third kappa shape index (κ3) is 1.69. The second kappa shape index (κ2) is 3.41. The lowest BCUT2D eigenvalue weighted by Crippen LogP contribution is -2.23. The van der Waals surface area contributed by atoms with E-state index in [1.54, 1.807) is 4.68 Å². The molecule has 2 rings (SSSR count). The minimum absolute atomic E-state index is 0.118. The highest BCUT2D eigenvalue weighted by molar-refractivity contribution is 6.04. The molecule has 2 aromatic heterocycles. The summed E-state index contributed by atoms with van der Waals surface area (Å²) in [6, 6.07) is 0. The highest BCUT2D eigenvalue weighted by atomic mass is 16.4. The van der Waals surface area contributed by atoms with Gasteiger partial charge in [0.05, 0.1) is 10.9 Å². The molecular formula is C10H13N5O2. The second-order valence-corrected chi connectivity index (χ2v) is 4.69. The van der Waals surface area contributed by atoms with Gasteiger partial charge in [0, 0.05) is 0 Å². The first-order chi connectivity index (χ1) is 7.82. The number of aromatic carboxylic acids is 1. The van der Waals surface area contributed by atoms with E-state index < -0.39 is 5.97 Å². The smallest absolute Gasteiger partial charge is 0.357 e. The van der Waals surface area contributed by atoms with E-state index in [1.807, 2.05) is 20.8 Å². The molecule has 0 fully saturated rings. The summed E-state index contributed by atoms with van der Waals surface area (Å²) < 4.78 is 1.55. The summed E-state index contributed by atoms with van der Waals surface area (Å²) in [5, 5.41) is 13.4. The van der Waals surface area contributed by atoms with Crippen LogP contribution in [-0.2, 0) is 5.54 Å². The number of nitrogen functional groups attached to an aromatic ring is 1. The van der Waals surface area contributed by atoms with Crippen molar-refractivity contribution in [2.75, 3.05) is 5.73 Å². The first-order valence-electron chi connectivity index (χ1n) is 5.05. The Morgan fingerprint density at radius 1 is 1.41 bits per heavy atom. The quantitative estimate of drug-likeness (QED) is 0.759. The van der Waals surface area contributed by atoms with Crippen molar-refractivity contribution in [1.29, 1.82) is 0 Å². The largest absolute Gasteiger partial charge is 0.476 e. The molecule has 0 aromatic carbocycles. The van der Waals surface area contributed by atoms with E-state index in [0.717, 1.165) is 0 Å². The maximum Gasteiger partial charge on any atom is 0.357 e. The Morgan fingerprint density at radius 3 is 2.59 bits per heavy atom. The molecule has 0 aliphatic carbocycles. The summed E-state index contributed by atoms with van der Waals surface area (Å²) in [4.78, 5) is 19.0. The van der Waals surface area contributed by atoms with Crippen LogP contribution >= 0.6 is 0 Å². The standard InChI is InChI=1S/C10H13N5O2/c1-10(2,3)15-8-5(6(14-15)9(16)17)7(11)12-4-13-8/h4H,1-3H3,(H,16,17)(H2,11,12,13). The van der Waals surface area contributed by atoms with Crippen molar-refractivity contribution in [1.82, 2.24) is 19.7 Å². The van der Waals surface area contributed by atoms with Gasteiger partial charge < -0.3 is 10.8 Å². The third-order valence-electron chi connectivity index (χ3n) is 2.33. The van der Waals surface area contributed by atoms with Gasteiger partial charge in [-0.1, -0.05) is 0 Å². The van der Waals surface area contributed by atoms with Crippen molar-refractivity contribution in [3.8, 4) is 0 Å². The predicted molar refractivity (Wildman–Crippen MR) is 61.7 cm³/mol. The molecule has 0 aliphatic heterocycles. The molecule has 2 heterocycles. The lowest BCUT2D eigenvalue weighted by Gasteiger charge is -2.19. The number of fused-ring (bicyclic) bond motifs is 1. The highest BCUT2D eigenvalue weighted by Gasteiger charge is 2.25. The van der Waals surface area contributed by atoms with Crippen LogP contribution in [0.2, 0.25) is 0 Å². The summed E-state index contributed by atoms with van der Waals surface area (Å²) in [6.07, 6.45) is 1.30. The van der Waals surface area contributed by atoms with E-state index in [9.17, 15) is 4.79 Å². The topological polar surface area (TPSA) is 107 Å². The molecule has 0 amide bonds. The summed E-state index contributed by atoms with van der Waals surface area (Å²) in [6.45, 7) is 5.72. The van der Waals surface area contributed by atoms with Crippen molar-refractivity contribution >= 4 is 22.8 Å². The van der Waals surface area contributed by atoms with Crippen molar-refractivity contribution in [2.24, 2.45) is 0 Å². The van der Waals surface area contributed by atoms with Crippen LogP contribution in [0.5, 0.6) is 0 Å². The molecule has 0 unspecified atom stereocenters. The molecule has 7 nitrogen and oxygen atoms in total. The minimum Gasteiger partial charge on any atom is -0.476 e. The van der Waals surface area contributed by atoms with Crippen molar-refractivity contribution in [3.05, 3.63) is 12.0 Å². The second-order valence-electron chi connectivity index (χ2n) is 4.69. The third-order valence-corrected chi connectivity index (χ3v) is 2.33. The van der Waals surface area contributed by atoms with Crippen LogP contribution in [0.3, 0.4) is 0 Å². The number of nitrogens with zero attached hydrogens (tertiary/aromatic N) is 4. The van der Waals surface area contributed by atoms with Gasteiger partial charge in [-0.2, -0.15) is 5.10 Å². The Bertz CT molecular complexity index is 596. The first kappa shape index (κ1) is 11.3. The molecule has 0 radical (unpaired) electrons. The fourth-order valence-electron chi connectivity index (χ4n) is 1.59. The summed E-state index contributed by atoms with van der Waals surface area (Å²) in [7, 11) is 0. The fraction of sp³-hybridized carbons (Fsp3) is 0.400. The lowest BCUT2D eigenvalue weighted by molar-refractivity contribution is 0.0690. The lowest BCUT2D eigenvalue weighted by atomic mass is 10.1. The predicted octanol–water partition coefficient (Wildman–Crippen LogP) is 0.862. The van der Waals surface area contributed by atoms with Crippen LogP contribution in [0, 0.1) is 0 Å². The SMILES string of the molecule is CC(C)(C)n1nc(C(=O)O)c2c(N)ncnc21. The van der Waals surface area contributed by atoms with E-state index in [2.05, 4.69) is 15.1 Å². The molecule has 17 heavy (non-hydrogen) atoms. The first-order valence-corrected chi connectivity index (χ1v) is 5.05. The molecule has 0 spiro atoms. The van der Waals surface area contributed by atoms with Crippen molar-refractivity contribution in [3.63, 3.8) is 0 Å². The van der Waals surface area contributed by atoms with E-state index in [1.165, 1.54) is 6.33 Å². The molecule has 0 saturated carbocycles. The van der Waals surface area contributed by atoms with E-state index >= 15 is 0 Å². The summed E-state index contributed by atoms with van der Waals surface area (Å²) in [5.74, 6) is -1.01. The van der Waals surface area contributed by atoms with Gasteiger partial charge in [-0.25, -0.2) is 19.4 Å². The number of carboxylic acid groups (broad SMARTS) is 1. The Hall–Kier alpha value is -2.18. The maximum atomic E-state index is 11.1. The van der Waals surface area contributed by atoms with Crippen LogP contribution in [0.25, 0.3) is 11.0 Å². The number of anilines is 1.